The number of ether oxygens (including phenoxy) is 2. The number of rotatable bonds is 6. The van der Waals surface area contributed by atoms with E-state index in [1.807, 2.05) is 0 Å². The smallest absolute Gasteiger partial charge is 0.326 e. The van der Waals surface area contributed by atoms with Crippen LogP contribution in [0.25, 0.3) is 0 Å². The highest BCUT2D eigenvalue weighted by atomic mass is 35.5. The van der Waals surface area contributed by atoms with E-state index in [1.165, 1.54) is 39.2 Å². The highest BCUT2D eigenvalue weighted by molar-refractivity contribution is 6.31. The number of carbonyl (C=O) groups excluding carboxylic acids is 5. The molecule has 0 spiro atoms. The highest BCUT2D eigenvalue weighted by Gasteiger charge is 2.45. The van der Waals surface area contributed by atoms with E-state index in [4.69, 9.17) is 21.1 Å². The Bertz CT molecular complexity index is 871. The number of hydrogen-bond acceptors (Lipinski definition) is 7. The van der Waals surface area contributed by atoms with Gasteiger partial charge >= 0.3 is 12.0 Å². The number of imide groups is 1. The van der Waals surface area contributed by atoms with Gasteiger partial charge in [-0.25, -0.2) is 4.79 Å². The summed E-state index contributed by atoms with van der Waals surface area (Å²) in [4.78, 5) is 60.0. The standard InChI is InChI=1S/C17H19ClN4O7/c1-17(2)15(26)22(16(27)19-17)7-13(24)29-8-12(23)20-21-14(25)10-6-9(18)4-5-11(10)28-3/h4-6H,7-8H2,1-3H3,(H,19,27)(H,20,23)(H,21,25). The number of hydrazine groups is 1. The quantitative estimate of drug-likeness (QED) is 0.329. The van der Waals surface area contributed by atoms with E-state index < -0.39 is 48.4 Å². The van der Waals surface area contributed by atoms with Crippen molar-refractivity contribution in [3.05, 3.63) is 28.8 Å². The molecule has 0 bridgehead atoms. The maximum Gasteiger partial charge on any atom is 0.326 e. The van der Waals surface area contributed by atoms with Crippen LogP contribution in [0.3, 0.4) is 0 Å². The van der Waals surface area contributed by atoms with Gasteiger partial charge in [0.25, 0.3) is 17.7 Å². The van der Waals surface area contributed by atoms with Crippen LogP contribution in [0.1, 0.15) is 24.2 Å². The lowest BCUT2D eigenvalue weighted by Gasteiger charge is -2.15. The first-order valence-corrected chi connectivity index (χ1v) is 8.65. The zero-order chi connectivity index (χ0) is 21.8. The molecule has 0 saturated carbocycles. The van der Waals surface area contributed by atoms with Crippen molar-refractivity contribution < 1.29 is 33.4 Å². The number of amides is 5. The van der Waals surface area contributed by atoms with E-state index in [2.05, 4.69) is 16.2 Å². The fourth-order valence-electron chi connectivity index (χ4n) is 2.37. The number of benzene rings is 1. The summed E-state index contributed by atoms with van der Waals surface area (Å²) < 4.78 is 9.75. The minimum absolute atomic E-state index is 0.0819. The van der Waals surface area contributed by atoms with Crippen LogP contribution in [0.2, 0.25) is 5.02 Å². The van der Waals surface area contributed by atoms with E-state index >= 15 is 0 Å². The summed E-state index contributed by atoms with van der Waals surface area (Å²) in [6.45, 7) is 1.60. The number of nitrogens with zero attached hydrogens (tertiary/aromatic N) is 1. The van der Waals surface area contributed by atoms with Crippen LogP contribution in [-0.4, -0.2) is 60.4 Å². The third kappa shape index (κ3) is 5.35. The molecule has 1 aromatic rings. The number of hydrogen-bond donors (Lipinski definition) is 3. The lowest BCUT2D eigenvalue weighted by atomic mass is 10.1. The first-order chi connectivity index (χ1) is 13.5. The van der Waals surface area contributed by atoms with Crippen LogP contribution in [0.4, 0.5) is 4.79 Å². The molecule has 0 aromatic heterocycles. The van der Waals surface area contributed by atoms with Gasteiger partial charge in [0, 0.05) is 5.02 Å². The molecule has 1 aliphatic rings. The van der Waals surface area contributed by atoms with Crippen molar-refractivity contribution in [2.75, 3.05) is 20.3 Å². The van der Waals surface area contributed by atoms with Gasteiger partial charge in [-0.3, -0.25) is 34.9 Å². The molecule has 1 saturated heterocycles. The number of carbonyl (C=O) groups is 5. The van der Waals surface area contributed by atoms with Crippen LogP contribution in [0.5, 0.6) is 5.75 Å². The molecule has 3 N–H and O–H groups in total. The van der Waals surface area contributed by atoms with Crippen LogP contribution in [0, 0.1) is 0 Å². The molecular formula is C17H19ClN4O7. The third-order valence-electron chi connectivity index (χ3n) is 3.82. The number of halogens is 1. The molecule has 12 heteroatoms. The van der Waals surface area contributed by atoms with Gasteiger partial charge < -0.3 is 14.8 Å². The molecule has 0 aliphatic carbocycles. The molecule has 1 aliphatic heterocycles. The summed E-state index contributed by atoms with van der Waals surface area (Å²) in [5.41, 5.74) is 3.14. The Hall–Kier alpha value is -3.34. The molecule has 1 fully saturated rings. The van der Waals surface area contributed by atoms with Gasteiger partial charge in [0.05, 0.1) is 12.7 Å². The summed E-state index contributed by atoms with van der Waals surface area (Å²) in [6, 6.07) is 3.63. The zero-order valence-electron chi connectivity index (χ0n) is 15.8. The van der Waals surface area contributed by atoms with E-state index in [9.17, 15) is 24.0 Å². The van der Waals surface area contributed by atoms with Crippen LogP contribution < -0.4 is 20.9 Å². The summed E-state index contributed by atoms with van der Waals surface area (Å²) in [7, 11) is 1.37. The predicted molar refractivity (Wildman–Crippen MR) is 98.9 cm³/mol. The second-order valence-corrected chi connectivity index (χ2v) is 6.89. The van der Waals surface area contributed by atoms with Gasteiger partial charge in [-0.1, -0.05) is 11.6 Å². The second-order valence-electron chi connectivity index (χ2n) is 6.45. The number of nitrogens with one attached hydrogen (secondary N) is 3. The molecule has 156 valence electrons. The van der Waals surface area contributed by atoms with E-state index in [1.54, 1.807) is 0 Å². The number of esters is 1. The average molecular weight is 427 g/mol. The minimum Gasteiger partial charge on any atom is -0.496 e. The Balaban J connectivity index is 1.81. The first kappa shape index (κ1) is 22.0. The molecule has 2 rings (SSSR count). The van der Waals surface area contributed by atoms with E-state index in [0.717, 1.165) is 0 Å². The van der Waals surface area contributed by atoms with Crippen molar-refractivity contribution in [3.63, 3.8) is 0 Å². The molecular weight excluding hydrogens is 408 g/mol. The van der Waals surface area contributed by atoms with Crippen molar-refractivity contribution in [1.29, 1.82) is 0 Å². The third-order valence-corrected chi connectivity index (χ3v) is 4.05. The minimum atomic E-state index is -1.12. The molecule has 0 radical (unpaired) electrons. The predicted octanol–water partition coefficient (Wildman–Crippen LogP) is -0.0168. The van der Waals surface area contributed by atoms with Gasteiger partial charge in [0.1, 0.15) is 17.8 Å². The van der Waals surface area contributed by atoms with Crippen molar-refractivity contribution in [2.24, 2.45) is 0 Å². The Morgan fingerprint density at radius 1 is 1.21 bits per heavy atom. The Labute approximate surface area is 170 Å². The van der Waals surface area contributed by atoms with Crippen LogP contribution >= 0.6 is 11.6 Å². The largest absolute Gasteiger partial charge is 0.496 e. The maximum atomic E-state index is 12.1. The Morgan fingerprint density at radius 2 is 1.90 bits per heavy atom. The molecule has 29 heavy (non-hydrogen) atoms. The zero-order valence-corrected chi connectivity index (χ0v) is 16.6. The molecule has 0 atom stereocenters. The summed E-state index contributed by atoms with van der Waals surface area (Å²) in [5, 5.41) is 2.70. The van der Waals surface area contributed by atoms with E-state index in [-0.39, 0.29) is 11.3 Å². The Morgan fingerprint density at radius 3 is 2.48 bits per heavy atom. The van der Waals surface area contributed by atoms with E-state index in [0.29, 0.717) is 9.92 Å². The van der Waals surface area contributed by atoms with Crippen molar-refractivity contribution >= 4 is 41.3 Å². The fraction of sp³-hybridized carbons (Fsp3) is 0.353. The van der Waals surface area contributed by atoms with Gasteiger partial charge in [-0.05, 0) is 32.0 Å². The van der Waals surface area contributed by atoms with Gasteiger partial charge in [0.2, 0.25) is 0 Å². The number of methoxy groups -OCH3 is 1. The lowest BCUT2D eigenvalue weighted by molar-refractivity contribution is -0.151. The molecule has 1 aromatic carbocycles. The summed E-state index contributed by atoms with van der Waals surface area (Å²) in [6.07, 6.45) is 0. The fourth-order valence-corrected chi connectivity index (χ4v) is 2.54. The molecule has 11 nitrogen and oxygen atoms in total. The first-order valence-electron chi connectivity index (χ1n) is 8.27. The van der Waals surface area contributed by atoms with Crippen molar-refractivity contribution in [3.8, 4) is 5.75 Å². The average Bonchev–Trinajstić information content (AvgIpc) is 2.85. The SMILES string of the molecule is COc1ccc(Cl)cc1C(=O)NNC(=O)COC(=O)CN1C(=O)NC(C)(C)C1=O. The van der Waals surface area contributed by atoms with Crippen molar-refractivity contribution in [2.45, 2.75) is 19.4 Å². The summed E-state index contributed by atoms with van der Waals surface area (Å²) >= 11 is 5.84. The molecule has 5 amide bonds. The molecule has 1 heterocycles. The van der Waals surface area contributed by atoms with Crippen LogP contribution in [0.15, 0.2) is 18.2 Å². The number of urea groups is 1. The normalized spacial score (nSPS) is 14.8. The topological polar surface area (TPSA) is 143 Å². The van der Waals surface area contributed by atoms with Gasteiger partial charge in [0.15, 0.2) is 6.61 Å². The van der Waals surface area contributed by atoms with Gasteiger partial charge in [-0.15, -0.1) is 0 Å². The highest BCUT2D eigenvalue weighted by Crippen LogP contribution is 2.22. The summed E-state index contributed by atoms with van der Waals surface area (Å²) in [5.74, 6) is -2.87. The van der Waals surface area contributed by atoms with Gasteiger partial charge in [-0.2, -0.15) is 0 Å². The van der Waals surface area contributed by atoms with Crippen molar-refractivity contribution in [1.82, 2.24) is 21.1 Å². The molecule has 0 unspecified atom stereocenters. The second kappa shape index (κ2) is 8.78. The monoisotopic (exact) mass is 426 g/mol. The lowest BCUT2D eigenvalue weighted by Crippen LogP contribution is -2.44. The Kier molecular flexibility index (Phi) is 6.64. The maximum absolute atomic E-state index is 12.1. The van der Waals surface area contributed by atoms with Crippen LogP contribution in [-0.2, 0) is 19.1 Å².